The zero-order valence-corrected chi connectivity index (χ0v) is 5.83. The smallest absolute Gasteiger partial charge is 0.152 e. The molecule has 1 heterocycles. The van der Waals surface area contributed by atoms with Crippen molar-refractivity contribution < 1.29 is 5.11 Å². The quantitative estimate of drug-likeness (QED) is 0.504. The third kappa shape index (κ3) is 0.816. The van der Waals surface area contributed by atoms with Crippen LogP contribution in [0.2, 0.25) is 0 Å². The standard InChI is InChI=1S/C8H8N2O/c9-7-5-3-1-2-4-6(5)8(11)10-7/h1-4,8,11H,(H2,9,10). The Labute approximate surface area is 64.2 Å². The molecule has 0 saturated heterocycles. The van der Waals surface area contributed by atoms with Crippen LogP contribution in [0.1, 0.15) is 17.4 Å². The molecule has 2 rings (SSSR count). The highest BCUT2D eigenvalue weighted by molar-refractivity contribution is 6.00. The highest BCUT2D eigenvalue weighted by atomic mass is 16.3. The fourth-order valence-electron chi connectivity index (χ4n) is 1.26. The van der Waals surface area contributed by atoms with Crippen molar-refractivity contribution in [2.45, 2.75) is 6.23 Å². The van der Waals surface area contributed by atoms with Crippen molar-refractivity contribution in [3.8, 4) is 0 Å². The van der Waals surface area contributed by atoms with Crippen LogP contribution < -0.4 is 5.32 Å². The summed E-state index contributed by atoms with van der Waals surface area (Å²) in [5.74, 6) is 0.299. The zero-order valence-electron chi connectivity index (χ0n) is 5.83. The summed E-state index contributed by atoms with van der Waals surface area (Å²) < 4.78 is 0. The van der Waals surface area contributed by atoms with Crippen molar-refractivity contribution in [2.75, 3.05) is 0 Å². The second-order valence-corrected chi connectivity index (χ2v) is 2.51. The number of benzene rings is 1. The molecule has 3 heteroatoms. The Morgan fingerprint density at radius 3 is 2.82 bits per heavy atom. The lowest BCUT2D eigenvalue weighted by atomic mass is 10.1. The Hall–Kier alpha value is -1.35. The van der Waals surface area contributed by atoms with E-state index in [0.717, 1.165) is 11.1 Å². The number of rotatable bonds is 0. The van der Waals surface area contributed by atoms with Crippen LogP contribution in [0.4, 0.5) is 0 Å². The predicted octanol–water partition coefficient (Wildman–Crippen LogP) is 0.606. The molecule has 3 N–H and O–H groups in total. The van der Waals surface area contributed by atoms with Gasteiger partial charge in [-0.1, -0.05) is 24.3 Å². The Kier molecular flexibility index (Phi) is 1.20. The van der Waals surface area contributed by atoms with E-state index in [-0.39, 0.29) is 0 Å². The molecule has 1 unspecified atom stereocenters. The van der Waals surface area contributed by atoms with Crippen molar-refractivity contribution in [1.29, 1.82) is 5.41 Å². The number of aliphatic hydroxyl groups is 1. The SMILES string of the molecule is N=C1NC(O)c2ccccc21. The van der Waals surface area contributed by atoms with E-state index < -0.39 is 6.23 Å². The first-order valence-electron chi connectivity index (χ1n) is 3.41. The van der Waals surface area contributed by atoms with Gasteiger partial charge >= 0.3 is 0 Å². The fourth-order valence-corrected chi connectivity index (χ4v) is 1.26. The topological polar surface area (TPSA) is 56.1 Å². The summed E-state index contributed by atoms with van der Waals surface area (Å²) in [6, 6.07) is 7.34. The van der Waals surface area contributed by atoms with E-state index in [4.69, 9.17) is 5.41 Å². The van der Waals surface area contributed by atoms with E-state index >= 15 is 0 Å². The monoisotopic (exact) mass is 148 g/mol. The summed E-state index contributed by atoms with van der Waals surface area (Å²) >= 11 is 0. The molecule has 1 aliphatic heterocycles. The Morgan fingerprint density at radius 1 is 1.36 bits per heavy atom. The summed E-state index contributed by atoms with van der Waals surface area (Å²) in [4.78, 5) is 0. The third-order valence-electron chi connectivity index (χ3n) is 1.81. The largest absolute Gasteiger partial charge is 0.369 e. The van der Waals surface area contributed by atoms with E-state index in [9.17, 15) is 5.11 Å². The molecule has 11 heavy (non-hydrogen) atoms. The van der Waals surface area contributed by atoms with Crippen LogP contribution in [0, 0.1) is 5.41 Å². The highest BCUT2D eigenvalue weighted by Crippen LogP contribution is 2.21. The summed E-state index contributed by atoms with van der Waals surface area (Å²) in [6.07, 6.45) is -0.696. The van der Waals surface area contributed by atoms with E-state index in [0.29, 0.717) is 5.84 Å². The van der Waals surface area contributed by atoms with E-state index in [2.05, 4.69) is 5.32 Å². The van der Waals surface area contributed by atoms with Gasteiger partial charge in [0.25, 0.3) is 0 Å². The Balaban J connectivity index is 2.60. The first kappa shape index (κ1) is 6.37. The summed E-state index contributed by atoms with van der Waals surface area (Å²) in [5.41, 5.74) is 1.58. The average Bonchev–Trinajstić information content (AvgIpc) is 2.30. The van der Waals surface area contributed by atoms with Crippen LogP contribution in [0.5, 0.6) is 0 Å². The summed E-state index contributed by atoms with van der Waals surface area (Å²) in [7, 11) is 0. The van der Waals surface area contributed by atoms with Gasteiger partial charge in [0.05, 0.1) is 0 Å². The third-order valence-corrected chi connectivity index (χ3v) is 1.81. The molecule has 1 aliphatic rings. The van der Waals surface area contributed by atoms with Crippen LogP contribution in [0.15, 0.2) is 24.3 Å². The number of amidine groups is 1. The minimum atomic E-state index is -0.696. The van der Waals surface area contributed by atoms with Gasteiger partial charge in [-0.2, -0.15) is 0 Å². The van der Waals surface area contributed by atoms with E-state index in [1.807, 2.05) is 24.3 Å². The van der Waals surface area contributed by atoms with Gasteiger partial charge in [0.1, 0.15) is 5.84 Å². The van der Waals surface area contributed by atoms with Gasteiger partial charge in [0.2, 0.25) is 0 Å². The van der Waals surface area contributed by atoms with E-state index in [1.165, 1.54) is 0 Å². The van der Waals surface area contributed by atoms with Crippen molar-refractivity contribution in [2.24, 2.45) is 0 Å². The molecule has 1 atom stereocenters. The molecule has 56 valence electrons. The van der Waals surface area contributed by atoms with Gasteiger partial charge in [-0.3, -0.25) is 5.41 Å². The predicted molar refractivity (Wildman–Crippen MR) is 41.4 cm³/mol. The lowest BCUT2D eigenvalue weighted by Gasteiger charge is -2.00. The van der Waals surface area contributed by atoms with Crippen LogP contribution in [0.3, 0.4) is 0 Å². The normalized spacial score (nSPS) is 21.2. The lowest BCUT2D eigenvalue weighted by Crippen LogP contribution is -2.18. The van der Waals surface area contributed by atoms with E-state index in [1.54, 1.807) is 0 Å². The number of hydrogen-bond donors (Lipinski definition) is 3. The Bertz CT molecular complexity index is 309. The molecule has 0 amide bonds. The molecule has 3 nitrogen and oxygen atoms in total. The summed E-state index contributed by atoms with van der Waals surface area (Å²) in [5, 5.41) is 19.3. The molecule has 0 aromatic heterocycles. The minimum absolute atomic E-state index is 0.299. The Morgan fingerprint density at radius 2 is 2.09 bits per heavy atom. The number of aliphatic hydroxyl groups excluding tert-OH is 1. The minimum Gasteiger partial charge on any atom is -0.369 e. The molecule has 0 aliphatic carbocycles. The molecule has 0 saturated carbocycles. The van der Waals surface area contributed by atoms with Gasteiger partial charge in [0, 0.05) is 11.1 Å². The molecule has 0 spiro atoms. The average molecular weight is 148 g/mol. The second-order valence-electron chi connectivity index (χ2n) is 2.51. The maximum absolute atomic E-state index is 9.30. The first-order valence-corrected chi connectivity index (χ1v) is 3.41. The van der Waals surface area contributed by atoms with Crippen molar-refractivity contribution in [1.82, 2.24) is 5.32 Å². The second kappa shape index (κ2) is 2.07. The summed E-state index contributed by atoms with van der Waals surface area (Å²) in [6.45, 7) is 0. The maximum Gasteiger partial charge on any atom is 0.152 e. The van der Waals surface area contributed by atoms with Crippen molar-refractivity contribution in [3.63, 3.8) is 0 Å². The molecule has 0 fully saturated rings. The highest BCUT2D eigenvalue weighted by Gasteiger charge is 2.22. The van der Waals surface area contributed by atoms with Gasteiger partial charge in [-0.25, -0.2) is 0 Å². The van der Waals surface area contributed by atoms with Crippen LogP contribution in [-0.2, 0) is 0 Å². The molecule has 0 bridgehead atoms. The number of fused-ring (bicyclic) bond motifs is 1. The fraction of sp³-hybridized carbons (Fsp3) is 0.125. The van der Waals surface area contributed by atoms with Gasteiger partial charge in [0.15, 0.2) is 6.23 Å². The van der Waals surface area contributed by atoms with Crippen molar-refractivity contribution >= 4 is 5.84 Å². The maximum atomic E-state index is 9.30. The van der Waals surface area contributed by atoms with Crippen molar-refractivity contribution in [3.05, 3.63) is 35.4 Å². The lowest BCUT2D eigenvalue weighted by molar-refractivity contribution is 0.169. The first-order chi connectivity index (χ1) is 5.29. The molecule has 1 aromatic rings. The van der Waals surface area contributed by atoms with Crippen LogP contribution >= 0.6 is 0 Å². The number of hydrogen-bond acceptors (Lipinski definition) is 2. The van der Waals surface area contributed by atoms with Crippen LogP contribution in [0.25, 0.3) is 0 Å². The van der Waals surface area contributed by atoms with Gasteiger partial charge in [-0.05, 0) is 0 Å². The molecular formula is C8H8N2O. The van der Waals surface area contributed by atoms with Gasteiger partial charge in [-0.15, -0.1) is 0 Å². The zero-order chi connectivity index (χ0) is 7.84. The molecular weight excluding hydrogens is 140 g/mol. The van der Waals surface area contributed by atoms with Gasteiger partial charge < -0.3 is 10.4 Å². The number of nitrogens with one attached hydrogen (secondary N) is 2. The molecule has 1 aromatic carbocycles. The molecule has 0 radical (unpaired) electrons. The van der Waals surface area contributed by atoms with Crippen LogP contribution in [-0.4, -0.2) is 10.9 Å².